The van der Waals surface area contributed by atoms with Crippen molar-refractivity contribution in [2.24, 2.45) is 0 Å². The highest BCUT2D eigenvalue weighted by Crippen LogP contribution is 2.41. The molecular formula is C25H18F2N4O2. The van der Waals surface area contributed by atoms with Crippen molar-refractivity contribution < 1.29 is 13.5 Å². The van der Waals surface area contributed by atoms with Crippen LogP contribution in [0, 0.1) is 0 Å². The molecule has 3 aromatic heterocycles. The number of hydrogen-bond donors (Lipinski definition) is 0. The van der Waals surface area contributed by atoms with E-state index >= 15 is 0 Å². The molecule has 8 heteroatoms. The summed E-state index contributed by atoms with van der Waals surface area (Å²) in [7, 11) is 0. The van der Waals surface area contributed by atoms with Gasteiger partial charge in [-0.1, -0.05) is 6.07 Å². The van der Waals surface area contributed by atoms with E-state index < -0.39 is 6.61 Å². The van der Waals surface area contributed by atoms with Crippen molar-refractivity contribution in [2.75, 3.05) is 0 Å². The fourth-order valence-electron chi connectivity index (χ4n) is 4.15. The van der Waals surface area contributed by atoms with Crippen LogP contribution in [-0.4, -0.2) is 25.5 Å². The van der Waals surface area contributed by atoms with Gasteiger partial charge in [-0.3, -0.25) is 9.36 Å². The van der Waals surface area contributed by atoms with E-state index in [9.17, 15) is 13.6 Å². The van der Waals surface area contributed by atoms with Gasteiger partial charge < -0.3 is 9.14 Å². The fourth-order valence-corrected chi connectivity index (χ4v) is 4.15. The van der Waals surface area contributed by atoms with Gasteiger partial charge in [-0.05, 0) is 72.9 Å². The average molecular weight is 444 g/mol. The zero-order valence-electron chi connectivity index (χ0n) is 17.4. The van der Waals surface area contributed by atoms with Gasteiger partial charge in [0.25, 0.3) is 5.56 Å². The lowest BCUT2D eigenvalue weighted by atomic mass is 10.1. The zero-order chi connectivity index (χ0) is 22.5. The van der Waals surface area contributed by atoms with Crippen molar-refractivity contribution in [3.8, 4) is 22.7 Å². The predicted octanol–water partition coefficient (Wildman–Crippen LogP) is 5.18. The molecule has 33 heavy (non-hydrogen) atoms. The first-order valence-electron chi connectivity index (χ1n) is 10.6. The van der Waals surface area contributed by atoms with Crippen LogP contribution in [-0.2, 0) is 0 Å². The summed E-state index contributed by atoms with van der Waals surface area (Å²) in [6.45, 7) is -2.91. The molecule has 2 aromatic carbocycles. The number of pyridine rings is 1. The molecule has 5 aromatic rings. The quantitative estimate of drug-likeness (QED) is 0.375. The Kier molecular flexibility index (Phi) is 4.46. The molecule has 0 saturated heterocycles. The monoisotopic (exact) mass is 444 g/mol. The molecule has 0 atom stereocenters. The Morgan fingerprint density at radius 3 is 2.61 bits per heavy atom. The van der Waals surface area contributed by atoms with Crippen LogP contribution < -0.4 is 10.3 Å². The van der Waals surface area contributed by atoms with Gasteiger partial charge in [0, 0.05) is 29.8 Å². The Morgan fingerprint density at radius 2 is 1.85 bits per heavy atom. The summed E-state index contributed by atoms with van der Waals surface area (Å²) in [6.07, 6.45) is 7.58. The predicted molar refractivity (Wildman–Crippen MR) is 120 cm³/mol. The maximum atomic E-state index is 13.7. The van der Waals surface area contributed by atoms with Crippen LogP contribution in [0.25, 0.3) is 33.6 Å². The van der Waals surface area contributed by atoms with Crippen molar-refractivity contribution in [1.29, 1.82) is 0 Å². The van der Waals surface area contributed by atoms with Crippen LogP contribution >= 0.6 is 0 Å². The molecule has 1 saturated carbocycles. The van der Waals surface area contributed by atoms with E-state index in [4.69, 9.17) is 4.98 Å². The standard InChI is InChI=1S/C25H18F2N4O2/c26-25(27)33-19-7-5-18(6-8-19)31-21-13-16(15-1-2-15)3-9-20(21)29-23(24(31)32)17-4-10-22-28-11-12-30(22)14-17/h3-15,25H,1-2H2. The van der Waals surface area contributed by atoms with Crippen molar-refractivity contribution in [1.82, 2.24) is 18.9 Å². The molecular weight excluding hydrogens is 426 g/mol. The topological polar surface area (TPSA) is 61.4 Å². The maximum absolute atomic E-state index is 13.7. The van der Waals surface area contributed by atoms with E-state index in [-0.39, 0.29) is 11.3 Å². The van der Waals surface area contributed by atoms with Gasteiger partial charge >= 0.3 is 6.61 Å². The van der Waals surface area contributed by atoms with Crippen LogP contribution in [0.5, 0.6) is 5.75 Å². The van der Waals surface area contributed by atoms with Crippen molar-refractivity contribution >= 4 is 16.7 Å². The molecule has 0 unspecified atom stereocenters. The van der Waals surface area contributed by atoms with Crippen LogP contribution in [0.2, 0.25) is 0 Å². The molecule has 1 aliphatic rings. The number of imidazole rings is 1. The van der Waals surface area contributed by atoms with Crippen molar-refractivity contribution in [2.45, 2.75) is 25.4 Å². The van der Waals surface area contributed by atoms with E-state index in [0.29, 0.717) is 33.9 Å². The minimum absolute atomic E-state index is 0.0320. The van der Waals surface area contributed by atoms with Gasteiger partial charge in [0.15, 0.2) is 0 Å². The third kappa shape index (κ3) is 3.53. The highest BCUT2D eigenvalue weighted by Gasteiger charge is 2.24. The summed E-state index contributed by atoms with van der Waals surface area (Å²) in [6, 6.07) is 15.7. The average Bonchev–Trinajstić information content (AvgIpc) is 3.56. The summed E-state index contributed by atoms with van der Waals surface area (Å²) in [5.41, 5.74) is 4.50. The van der Waals surface area contributed by atoms with E-state index in [1.54, 1.807) is 22.9 Å². The number of aromatic nitrogens is 4. The second kappa shape index (κ2) is 7.51. The van der Waals surface area contributed by atoms with Crippen LogP contribution in [0.4, 0.5) is 8.78 Å². The number of fused-ring (bicyclic) bond motifs is 2. The molecule has 0 aliphatic heterocycles. The highest BCUT2D eigenvalue weighted by atomic mass is 19.3. The van der Waals surface area contributed by atoms with Gasteiger partial charge in [0.2, 0.25) is 0 Å². The highest BCUT2D eigenvalue weighted by molar-refractivity contribution is 5.81. The number of alkyl halides is 2. The fraction of sp³-hybridized carbons (Fsp3) is 0.160. The van der Waals surface area contributed by atoms with Crippen molar-refractivity contribution in [3.63, 3.8) is 0 Å². The summed E-state index contributed by atoms with van der Waals surface area (Å²) in [4.78, 5) is 22.7. The minimum atomic E-state index is -2.91. The normalized spacial score (nSPS) is 13.8. The molecule has 6 rings (SSSR count). The van der Waals surface area contributed by atoms with Gasteiger partial charge in [0.1, 0.15) is 17.1 Å². The molecule has 1 fully saturated rings. The third-order valence-electron chi connectivity index (χ3n) is 5.91. The molecule has 0 N–H and O–H groups in total. The van der Waals surface area contributed by atoms with Gasteiger partial charge in [0.05, 0.1) is 11.0 Å². The van der Waals surface area contributed by atoms with E-state index in [0.717, 1.165) is 18.5 Å². The molecule has 0 bridgehead atoms. The molecule has 0 spiro atoms. The first-order valence-corrected chi connectivity index (χ1v) is 10.6. The maximum Gasteiger partial charge on any atom is 0.387 e. The Bertz CT molecular complexity index is 1550. The Balaban J connectivity index is 1.58. The zero-order valence-corrected chi connectivity index (χ0v) is 17.4. The molecule has 6 nitrogen and oxygen atoms in total. The lowest BCUT2D eigenvalue weighted by Gasteiger charge is -2.14. The molecule has 3 heterocycles. The first kappa shape index (κ1) is 19.6. The molecule has 1 aliphatic carbocycles. The number of hydrogen-bond acceptors (Lipinski definition) is 4. The molecule has 0 radical (unpaired) electrons. The lowest BCUT2D eigenvalue weighted by Crippen LogP contribution is -2.22. The summed E-state index contributed by atoms with van der Waals surface area (Å²) >= 11 is 0. The molecule has 0 amide bonds. The molecule has 164 valence electrons. The van der Waals surface area contributed by atoms with Crippen molar-refractivity contribution in [3.05, 3.63) is 89.1 Å². The summed E-state index contributed by atoms with van der Waals surface area (Å²) < 4.78 is 33.0. The Hall–Kier alpha value is -4.07. The second-order valence-electron chi connectivity index (χ2n) is 8.11. The SMILES string of the molecule is O=c1c(-c2ccc3nccn3c2)nc2ccc(C3CC3)cc2n1-c1ccc(OC(F)F)cc1. The van der Waals surface area contributed by atoms with E-state index in [1.807, 2.05) is 41.1 Å². The van der Waals surface area contributed by atoms with Gasteiger partial charge in [-0.15, -0.1) is 0 Å². The Labute approximate surface area is 186 Å². The number of benzene rings is 2. The van der Waals surface area contributed by atoms with Crippen LogP contribution in [0.3, 0.4) is 0 Å². The van der Waals surface area contributed by atoms with E-state index in [2.05, 4.69) is 15.8 Å². The van der Waals surface area contributed by atoms with Crippen LogP contribution in [0.1, 0.15) is 24.3 Å². The number of nitrogens with zero attached hydrogens (tertiary/aromatic N) is 4. The van der Waals surface area contributed by atoms with Gasteiger partial charge in [-0.2, -0.15) is 8.78 Å². The smallest absolute Gasteiger partial charge is 0.387 e. The van der Waals surface area contributed by atoms with Gasteiger partial charge in [-0.25, -0.2) is 9.97 Å². The minimum Gasteiger partial charge on any atom is -0.435 e. The summed E-state index contributed by atoms with van der Waals surface area (Å²) in [5.74, 6) is 0.535. The number of ether oxygens (including phenoxy) is 1. The third-order valence-corrected chi connectivity index (χ3v) is 5.91. The lowest BCUT2D eigenvalue weighted by molar-refractivity contribution is -0.0498. The number of rotatable bonds is 5. The van der Waals surface area contributed by atoms with Crippen LogP contribution in [0.15, 0.2) is 78.0 Å². The largest absolute Gasteiger partial charge is 0.435 e. The first-order chi connectivity index (χ1) is 16.1. The summed E-state index contributed by atoms with van der Waals surface area (Å²) in [5, 5.41) is 0. The number of halogens is 2. The van der Waals surface area contributed by atoms with E-state index in [1.165, 1.54) is 17.7 Å². The Morgan fingerprint density at radius 1 is 1.03 bits per heavy atom. The second-order valence-corrected chi connectivity index (χ2v) is 8.11.